The molecule has 2 aromatic rings. The first-order chi connectivity index (χ1) is 11.4. The molecule has 2 amide bonds. The molecule has 0 unspecified atom stereocenters. The van der Waals surface area contributed by atoms with Crippen molar-refractivity contribution in [2.24, 2.45) is 0 Å². The van der Waals surface area contributed by atoms with E-state index in [0.29, 0.717) is 11.1 Å². The third-order valence-electron chi connectivity index (χ3n) is 3.03. The van der Waals surface area contributed by atoms with Crippen LogP contribution in [-0.2, 0) is 16.1 Å². The topological polar surface area (TPSA) is 58.2 Å². The summed E-state index contributed by atoms with van der Waals surface area (Å²) in [6, 6.07) is 8.27. The van der Waals surface area contributed by atoms with Crippen LogP contribution in [0.2, 0.25) is 5.02 Å². The molecule has 0 aliphatic rings. The number of carbonyl (C=O) groups is 2. The zero-order valence-electron chi connectivity index (χ0n) is 12.2. The predicted octanol–water partition coefficient (Wildman–Crippen LogP) is 3.40. The van der Waals surface area contributed by atoms with Crippen molar-refractivity contribution in [3.8, 4) is 0 Å². The molecule has 0 radical (unpaired) electrons. The van der Waals surface area contributed by atoms with Crippen LogP contribution in [0.3, 0.4) is 0 Å². The number of hydrogen-bond donors (Lipinski definition) is 2. The molecular weight excluding hydrogens is 345 g/mol. The molecule has 0 spiro atoms. The second-order valence-electron chi connectivity index (χ2n) is 4.85. The van der Waals surface area contributed by atoms with E-state index in [4.69, 9.17) is 11.6 Å². The van der Waals surface area contributed by atoms with Crippen LogP contribution in [0.15, 0.2) is 36.4 Å². The Hall–Kier alpha value is -2.54. The Bertz CT molecular complexity index is 767. The zero-order chi connectivity index (χ0) is 17.7. The fourth-order valence-electron chi connectivity index (χ4n) is 1.83. The van der Waals surface area contributed by atoms with E-state index in [2.05, 4.69) is 5.32 Å². The Balaban J connectivity index is 1.87. The van der Waals surface area contributed by atoms with Gasteiger partial charge in [-0.15, -0.1) is 0 Å². The third-order valence-corrected chi connectivity index (χ3v) is 3.29. The average Bonchev–Trinajstić information content (AvgIpc) is 2.55. The second-order valence-corrected chi connectivity index (χ2v) is 5.29. The van der Waals surface area contributed by atoms with Crippen molar-refractivity contribution in [3.63, 3.8) is 0 Å². The van der Waals surface area contributed by atoms with Crippen molar-refractivity contribution in [1.29, 1.82) is 0 Å². The maximum Gasteiger partial charge on any atom is 0.233 e. The molecule has 126 valence electrons. The minimum Gasteiger partial charge on any atom is -0.352 e. The van der Waals surface area contributed by atoms with Gasteiger partial charge in [0, 0.05) is 11.6 Å². The van der Waals surface area contributed by atoms with E-state index in [1.54, 1.807) is 24.3 Å². The molecule has 2 N–H and O–H groups in total. The summed E-state index contributed by atoms with van der Waals surface area (Å²) in [5.41, 5.74) is 0.240. The first kappa shape index (κ1) is 17.8. The van der Waals surface area contributed by atoms with Gasteiger partial charge in [0.25, 0.3) is 0 Å². The number of carbonyl (C=O) groups excluding carboxylic acids is 2. The van der Waals surface area contributed by atoms with Crippen molar-refractivity contribution < 1.29 is 22.8 Å². The fourth-order valence-corrected chi connectivity index (χ4v) is 1.95. The van der Waals surface area contributed by atoms with Gasteiger partial charge in [0.1, 0.15) is 6.42 Å². The highest BCUT2D eigenvalue weighted by Gasteiger charge is 2.16. The highest BCUT2D eigenvalue weighted by molar-refractivity contribution is 6.30. The van der Waals surface area contributed by atoms with Crippen molar-refractivity contribution in [2.45, 2.75) is 13.0 Å². The van der Waals surface area contributed by atoms with Crippen LogP contribution in [0, 0.1) is 17.5 Å². The SMILES string of the molecule is O=C(CC(=O)Nc1ccc(F)c(F)c1F)NCc1ccc(Cl)cc1. The Morgan fingerprint density at radius 2 is 1.58 bits per heavy atom. The first-order valence-corrected chi connectivity index (χ1v) is 7.19. The highest BCUT2D eigenvalue weighted by atomic mass is 35.5. The smallest absolute Gasteiger partial charge is 0.233 e. The predicted molar refractivity (Wildman–Crippen MR) is 82.9 cm³/mol. The van der Waals surface area contributed by atoms with E-state index in [9.17, 15) is 22.8 Å². The highest BCUT2D eigenvalue weighted by Crippen LogP contribution is 2.19. The van der Waals surface area contributed by atoms with E-state index >= 15 is 0 Å². The lowest BCUT2D eigenvalue weighted by molar-refractivity contribution is -0.126. The monoisotopic (exact) mass is 356 g/mol. The molecule has 0 heterocycles. The van der Waals surface area contributed by atoms with Crippen molar-refractivity contribution in [2.75, 3.05) is 5.32 Å². The summed E-state index contributed by atoms with van der Waals surface area (Å²) in [7, 11) is 0. The average molecular weight is 357 g/mol. The van der Waals surface area contributed by atoms with Crippen LogP contribution < -0.4 is 10.6 Å². The van der Waals surface area contributed by atoms with E-state index in [1.807, 2.05) is 5.32 Å². The first-order valence-electron chi connectivity index (χ1n) is 6.81. The number of anilines is 1. The molecule has 0 aromatic heterocycles. The molecule has 24 heavy (non-hydrogen) atoms. The molecular formula is C16H12ClF3N2O2. The van der Waals surface area contributed by atoms with Crippen LogP contribution in [0.1, 0.15) is 12.0 Å². The summed E-state index contributed by atoms with van der Waals surface area (Å²) in [6.07, 6.45) is -0.591. The van der Waals surface area contributed by atoms with E-state index in [0.717, 1.165) is 11.6 Å². The number of nitrogens with one attached hydrogen (secondary N) is 2. The molecule has 0 aliphatic heterocycles. The molecule has 2 aromatic carbocycles. The molecule has 8 heteroatoms. The maximum atomic E-state index is 13.4. The molecule has 4 nitrogen and oxygen atoms in total. The fraction of sp³-hybridized carbons (Fsp3) is 0.125. The van der Waals surface area contributed by atoms with Gasteiger partial charge < -0.3 is 10.6 Å². The zero-order valence-corrected chi connectivity index (χ0v) is 13.0. The van der Waals surface area contributed by atoms with E-state index < -0.39 is 41.4 Å². The number of hydrogen-bond acceptors (Lipinski definition) is 2. The van der Waals surface area contributed by atoms with E-state index in [-0.39, 0.29) is 6.54 Å². The van der Waals surface area contributed by atoms with Crippen molar-refractivity contribution >= 4 is 29.1 Å². The van der Waals surface area contributed by atoms with Gasteiger partial charge in [0.15, 0.2) is 17.5 Å². The van der Waals surface area contributed by atoms with Crippen LogP contribution in [0.25, 0.3) is 0 Å². The van der Waals surface area contributed by atoms with Gasteiger partial charge in [-0.05, 0) is 29.8 Å². The van der Waals surface area contributed by atoms with Gasteiger partial charge in [-0.3, -0.25) is 9.59 Å². The second kappa shape index (κ2) is 7.83. The number of halogens is 4. The summed E-state index contributed by atoms with van der Waals surface area (Å²) in [5, 5.41) is 5.07. The number of benzene rings is 2. The molecule has 0 fully saturated rings. The lowest BCUT2D eigenvalue weighted by Gasteiger charge is -2.08. The summed E-state index contributed by atoms with van der Waals surface area (Å²) < 4.78 is 39.3. The molecule has 0 atom stereocenters. The standard InChI is InChI=1S/C16H12ClF3N2O2/c17-10-3-1-9(2-4-10)8-21-13(23)7-14(24)22-12-6-5-11(18)15(19)16(12)20/h1-6H,7-8H2,(H,21,23)(H,22,24). The van der Waals surface area contributed by atoms with Gasteiger partial charge in [-0.25, -0.2) is 13.2 Å². The van der Waals surface area contributed by atoms with Crippen LogP contribution >= 0.6 is 11.6 Å². The summed E-state index contributed by atoms with van der Waals surface area (Å²) >= 11 is 5.73. The summed E-state index contributed by atoms with van der Waals surface area (Å²) in [5.74, 6) is -6.05. The third kappa shape index (κ3) is 4.73. The van der Waals surface area contributed by atoms with Crippen LogP contribution in [0.4, 0.5) is 18.9 Å². The molecule has 2 rings (SSSR count). The van der Waals surface area contributed by atoms with Gasteiger partial charge in [0.2, 0.25) is 11.8 Å². The molecule has 0 bridgehead atoms. The Kier molecular flexibility index (Phi) is 5.81. The van der Waals surface area contributed by atoms with Gasteiger partial charge in [-0.1, -0.05) is 23.7 Å². The Labute approximate surface area is 140 Å². The number of amides is 2. The Morgan fingerprint density at radius 1 is 0.917 bits per heavy atom. The normalized spacial score (nSPS) is 10.3. The lowest BCUT2D eigenvalue weighted by Crippen LogP contribution is -2.28. The largest absolute Gasteiger partial charge is 0.352 e. The summed E-state index contributed by atoms with van der Waals surface area (Å²) in [4.78, 5) is 23.3. The van der Waals surface area contributed by atoms with Crippen molar-refractivity contribution in [1.82, 2.24) is 5.32 Å². The van der Waals surface area contributed by atoms with Gasteiger partial charge in [-0.2, -0.15) is 0 Å². The van der Waals surface area contributed by atoms with Gasteiger partial charge >= 0.3 is 0 Å². The minimum atomic E-state index is -1.69. The summed E-state index contributed by atoms with van der Waals surface area (Å²) in [6.45, 7) is 0.183. The quantitative estimate of drug-likeness (QED) is 0.637. The van der Waals surface area contributed by atoms with Crippen LogP contribution in [0.5, 0.6) is 0 Å². The lowest BCUT2D eigenvalue weighted by atomic mass is 10.2. The Morgan fingerprint density at radius 3 is 2.25 bits per heavy atom. The minimum absolute atomic E-state index is 0.183. The van der Waals surface area contributed by atoms with E-state index in [1.165, 1.54) is 0 Å². The van der Waals surface area contributed by atoms with Gasteiger partial charge in [0.05, 0.1) is 5.69 Å². The van der Waals surface area contributed by atoms with Crippen LogP contribution in [-0.4, -0.2) is 11.8 Å². The molecule has 0 aliphatic carbocycles. The number of rotatable bonds is 5. The maximum absolute atomic E-state index is 13.4. The van der Waals surface area contributed by atoms with Crippen molar-refractivity contribution in [3.05, 3.63) is 64.4 Å². The molecule has 0 saturated heterocycles. The molecule has 0 saturated carbocycles.